The average molecular weight is 227 g/mol. The Bertz CT molecular complexity index is 557. The zero-order valence-electron chi connectivity index (χ0n) is 9.39. The van der Waals surface area contributed by atoms with Gasteiger partial charge in [-0.15, -0.1) is 0 Å². The van der Waals surface area contributed by atoms with Crippen LogP contribution >= 0.6 is 0 Å². The molecular weight excluding hydrogens is 214 g/mol. The molecule has 1 amide bonds. The summed E-state index contributed by atoms with van der Waals surface area (Å²) >= 11 is 0. The van der Waals surface area contributed by atoms with Crippen LogP contribution in [-0.4, -0.2) is 17.1 Å². The van der Waals surface area contributed by atoms with Gasteiger partial charge in [-0.3, -0.25) is 4.79 Å². The molecule has 1 fully saturated rings. The molecule has 1 aromatic carbocycles. The molecule has 0 bridgehead atoms. The minimum absolute atomic E-state index is 0.0741. The van der Waals surface area contributed by atoms with Gasteiger partial charge in [0.1, 0.15) is 0 Å². The van der Waals surface area contributed by atoms with E-state index in [2.05, 4.69) is 6.07 Å². The normalized spacial score (nSPS) is 27.8. The summed E-state index contributed by atoms with van der Waals surface area (Å²) in [6.45, 7) is 0. The predicted octanol–water partition coefficient (Wildman–Crippen LogP) is 2.28. The Kier molecular flexibility index (Phi) is 1.49. The van der Waals surface area contributed by atoms with Crippen LogP contribution in [0.4, 0.5) is 5.69 Å². The molecule has 2 heterocycles. The van der Waals surface area contributed by atoms with Crippen molar-refractivity contribution < 1.29 is 9.90 Å². The molecule has 1 saturated carbocycles. The molecule has 4 rings (SSSR count). The summed E-state index contributed by atoms with van der Waals surface area (Å²) in [6, 6.07) is 8.30. The molecule has 1 atom stereocenters. The maximum Gasteiger partial charge on any atom is 0.254 e. The van der Waals surface area contributed by atoms with Crippen molar-refractivity contribution in [3.8, 4) is 0 Å². The van der Waals surface area contributed by atoms with Crippen LogP contribution in [0.2, 0.25) is 0 Å². The maximum atomic E-state index is 12.1. The van der Waals surface area contributed by atoms with Gasteiger partial charge < -0.3 is 10.0 Å². The van der Waals surface area contributed by atoms with Crippen LogP contribution in [0.15, 0.2) is 36.1 Å². The van der Waals surface area contributed by atoms with Crippen LogP contribution in [0, 0.1) is 0 Å². The lowest BCUT2D eigenvalue weighted by atomic mass is 9.88. The quantitative estimate of drug-likeness (QED) is 0.738. The van der Waals surface area contributed by atoms with Crippen molar-refractivity contribution in [1.82, 2.24) is 0 Å². The lowest BCUT2D eigenvalue weighted by Crippen LogP contribution is -2.44. The lowest BCUT2D eigenvalue weighted by Gasteiger charge is -2.31. The van der Waals surface area contributed by atoms with Gasteiger partial charge in [-0.1, -0.05) is 18.2 Å². The van der Waals surface area contributed by atoms with Gasteiger partial charge in [0.15, 0.2) is 0 Å². The average Bonchev–Trinajstić information content (AvgIpc) is 3.04. The Morgan fingerprint density at radius 3 is 2.82 bits per heavy atom. The van der Waals surface area contributed by atoms with E-state index < -0.39 is 0 Å². The molecule has 17 heavy (non-hydrogen) atoms. The first-order valence-corrected chi connectivity index (χ1v) is 6.05. The monoisotopic (exact) mass is 227 g/mol. The molecule has 1 aliphatic carbocycles. The summed E-state index contributed by atoms with van der Waals surface area (Å²) < 4.78 is 0. The highest BCUT2D eigenvalue weighted by Gasteiger charge is 2.60. The molecule has 0 aromatic heterocycles. The van der Waals surface area contributed by atoms with E-state index >= 15 is 0 Å². The molecule has 2 aliphatic heterocycles. The number of rotatable bonds is 0. The number of benzene rings is 1. The third kappa shape index (κ3) is 0.996. The van der Waals surface area contributed by atoms with Crippen molar-refractivity contribution in [2.45, 2.75) is 30.7 Å². The third-order valence-corrected chi connectivity index (χ3v) is 4.37. The fraction of sp³-hybridized carbons (Fsp3) is 0.357. The van der Waals surface area contributed by atoms with Crippen LogP contribution in [-0.2, 0) is 10.2 Å². The predicted molar refractivity (Wildman–Crippen MR) is 64.0 cm³/mol. The van der Waals surface area contributed by atoms with E-state index in [1.54, 1.807) is 0 Å². The standard InChI is InChI=1S/C14H13NO2/c16-9-7-12-14(5-6-14)10-3-1-2-4-11(10)15(12)13(17)8-9/h1-4,8,12,16H,5-7H2. The first-order valence-electron chi connectivity index (χ1n) is 6.05. The minimum atomic E-state index is -0.0741. The summed E-state index contributed by atoms with van der Waals surface area (Å²) in [5.74, 6) is 0.158. The molecule has 3 heteroatoms. The number of hydrogen-bond donors (Lipinski definition) is 1. The molecule has 1 N–H and O–H groups in total. The number of para-hydroxylation sites is 1. The van der Waals surface area contributed by atoms with Gasteiger partial charge >= 0.3 is 0 Å². The molecule has 0 saturated heterocycles. The third-order valence-electron chi connectivity index (χ3n) is 4.37. The number of aliphatic hydroxyl groups is 1. The maximum absolute atomic E-state index is 12.1. The fourth-order valence-electron chi connectivity index (χ4n) is 3.46. The largest absolute Gasteiger partial charge is 0.512 e. The van der Waals surface area contributed by atoms with Crippen LogP contribution in [0.3, 0.4) is 0 Å². The summed E-state index contributed by atoms with van der Waals surface area (Å²) in [6.07, 6.45) is 4.21. The number of anilines is 1. The van der Waals surface area contributed by atoms with Crippen molar-refractivity contribution in [3.63, 3.8) is 0 Å². The van der Waals surface area contributed by atoms with Crippen LogP contribution in [0.5, 0.6) is 0 Å². The molecule has 1 unspecified atom stereocenters. The Hall–Kier alpha value is -1.77. The van der Waals surface area contributed by atoms with E-state index in [4.69, 9.17) is 0 Å². The number of amides is 1. The highest BCUT2D eigenvalue weighted by molar-refractivity contribution is 6.05. The van der Waals surface area contributed by atoms with Crippen molar-refractivity contribution in [3.05, 3.63) is 41.7 Å². The molecule has 3 nitrogen and oxygen atoms in total. The molecule has 86 valence electrons. The second-order valence-corrected chi connectivity index (χ2v) is 5.24. The minimum Gasteiger partial charge on any atom is -0.512 e. The zero-order chi connectivity index (χ0) is 11.6. The van der Waals surface area contributed by atoms with E-state index in [0.29, 0.717) is 6.42 Å². The number of fused-ring (bicyclic) bond motifs is 5. The molecule has 0 radical (unpaired) electrons. The number of carbonyl (C=O) groups excluding carboxylic acids is 1. The molecule has 3 aliphatic rings. The van der Waals surface area contributed by atoms with Crippen LogP contribution in [0.25, 0.3) is 0 Å². The highest BCUT2D eigenvalue weighted by atomic mass is 16.3. The van der Waals surface area contributed by atoms with Gasteiger partial charge in [0.25, 0.3) is 5.91 Å². The summed E-state index contributed by atoms with van der Waals surface area (Å²) in [7, 11) is 0. The van der Waals surface area contributed by atoms with Crippen molar-refractivity contribution >= 4 is 11.6 Å². The summed E-state index contributed by atoms with van der Waals surface area (Å²) in [5, 5.41) is 9.68. The Balaban J connectivity index is 1.94. The second kappa shape index (κ2) is 2.73. The van der Waals surface area contributed by atoms with E-state index in [1.807, 2.05) is 23.1 Å². The van der Waals surface area contributed by atoms with Gasteiger partial charge in [-0.2, -0.15) is 0 Å². The van der Waals surface area contributed by atoms with Gasteiger partial charge in [-0.05, 0) is 24.5 Å². The smallest absolute Gasteiger partial charge is 0.254 e. The molecular formula is C14H13NO2. The van der Waals surface area contributed by atoms with E-state index in [-0.39, 0.29) is 23.1 Å². The number of carbonyl (C=O) groups is 1. The van der Waals surface area contributed by atoms with E-state index in [9.17, 15) is 9.90 Å². The van der Waals surface area contributed by atoms with Gasteiger partial charge in [0.2, 0.25) is 0 Å². The van der Waals surface area contributed by atoms with Gasteiger partial charge in [0.05, 0.1) is 11.8 Å². The summed E-state index contributed by atoms with van der Waals surface area (Å²) in [5.41, 5.74) is 2.47. The fourth-order valence-corrected chi connectivity index (χ4v) is 3.46. The first-order chi connectivity index (χ1) is 8.22. The first kappa shape index (κ1) is 9.28. The molecule has 1 aromatic rings. The Morgan fingerprint density at radius 1 is 1.29 bits per heavy atom. The lowest BCUT2D eigenvalue weighted by molar-refractivity contribution is -0.115. The van der Waals surface area contributed by atoms with Crippen molar-refractivity contribution in [2.75, 3.05) is 4.90 Å². The summed E-state index contributed by atoms with van der Waals surface area (Å²) in [4.78, 5) is 13.9. The number of nitrogens with zero attached hydrogens (tertiary/aromatic N) is 1. The Morgan fingerprint density at radius 2 is 2.06 bits per heavy atom. The van der Waals surface area contributed by atoms with E-state index in [1.165, 1.54) is 11.6 Å². The Labute approximate surface area is 99.4 Å². The van der Waals surface area contributed by atoms with Gasteiger partial charge in [0, 0.05) is 23.6 Å². The van der Waals surface area contributed by atoms with Crippen molar-refractivity contribution in [2.24, 2.45) is 0 Å². The van der Waals surface area contributed by atoms with E-state index in [0.717, 1.165) is 18.5 Å². The van der Waals surface area contributed by atoms with Gasteiger partial charge in [-0.25, -0.2) is 0 Å². The van der Waals surface area contributed by atoms with Crippen molar-refractivity contribution in [1.29, 1.82) is 0 Å². The topological polar surface area (TPSA) is 40.5 Å². The molecule has 1 spiro atoms. The SMILES string of the molecule is O=C1C=C(O)CC2N1c1ccccc1C21CC1. The number of hydrogen-bond acceptors (Lipinski definition) is 2. The zero-order valence-corrected chi connectivity index (χ0v) is 9.39. The number of aliphatic hydroxyl groups excluding tert-OH is 1. The second-order valence-electron chi connectivity index (χ2n) is 5.24. The van der Waals surface area contributed by atoms with Crippen LogP contribution < -0.4 is 4.90 Å². The van der Waals surface area contributed by atoms with Crippen LogP contribution in [0.1, 0.15) is 24.8 Å². The highest BCUT2D eigenvalue weighted by Crippen LogP contribution is 2.61.